The summed E-state index contributed by atoms with van der Waals surface area (Å²) >= 11 is 3.16. The summed E-state index contributed by atoms with van der Waals surface area (Å²) in [6.07, 6.45) is 6.99. The molecule has 0 N–H and O–H groups in total. The van der Waals surface area contributed by atoms with Gasteiger partial charge in [-0.15, -0.1) is 5.73 Å². The minimum Gasteiger partial charge on any atom is -0.207 e. The maximum atomic E-state index is 12.6. The first kappa shape index (κ1) is 7.52. The van der Waals surface area contributed by atoms with Gasteiger partial charge in [0.05, 0.1) is 0 Å². The molecule has 1 rings (SSSR count). The Labute approximate surface area is 67.6 Å². The highest BCUT2D eigenvalue weighted by Gasteiger charge is 1.91. The summed E-state index contributed by atoms with van der Waals surface area (Å²) in [6, 6.07) is 0. The number of hydrogen-bond acceptors (Lipinski definition) is 0. The molecular weight excluding hydrogens is 195 g/mol. The van der Waals surface area contributed by atoms with Gasteiger partial charge in [0.25, 0.3) is 0 Å². The first-order chi connectivity index (χ1) is 4.79. The zero-order chi connectivity index (χ0) is 7.40. The fourth-order valence-corrected chi connectivity index (χ4v) is 0.961. The standard InChI is InChI=1S/C8H6BrF/c9-7-4-2-1-3-5-8(10)6-7/h1,4-6H,3H2. The molecule has 0 unspecified atom stereocenters. The third kappa shape index (κ3) is 2.34. The second-order valence-corrected chi connectivity index (χ2v) is 2.78. The Morgan fingerprint density at radius 3 is 3.20 bits per heavy atom. The van der Waals surface area contributed by atoms with Crippen LogP contribution in [0.15, 0.2) is 40.3 Å². The van der Waals surface area contributed by atoms with Crippen LogP contribution in [-0.4, -0.2) is 0 Å². The molecule has 1 aliphatic rings. The zero-order valence-electron chi connectivity index (χ0n) is 5.27. The smallest absolute Gasteiger partial charge is 0.120 e. The van der Waals surface area contributed by atoms with Crippen LogP contribution in [0.25, 0.3) is 0 Å². The zero-order valence-corrected chi connectivity index (χ0v) is 6.86. The van der Waals surface area contributed by atoms with E-state index in [0.717, 1.165) is 0 Å². The highest BCUT2D eigenvalue weighted by molar-refractivity contribution is 9.11. The lowest BCUT2D eigenvalue weighted by Gasteiger charge is -1.90. The van der Waals surface area contributed by atoms with E-state index >= 15 is 0 Å². The summed E-state index contributed by atoms with van der Waals surface area (Å²) < 4.78 is 13.3. The van der Waals surface area contributed by atoms with Gasteiger partial charge >= 0.3 is 0 Å². The van der Waals surface area contributed by atoms with Gasteiger partial charge in [-0.05, 0) is 30.7 Å². The largest absolute Gasteiger partial charge is 0.207 e. The average Bonchev–Trinajstić information content (AvgIpc) is 1.83. The van der Waals surface area contributed by atoms with Crippen molar-refractivity contribution >= 4 is 15.9 Å². The Balaban J connectivity index is 2.91. The molecule has 0 radical (unpaired) electrons. The van der Waals surface area contributed by atoms with Crippen molar-refractivity contribution in [1.29, 1.82) is 0 Å². The molecule has 0 spiro atoms. The Bertz CT molecular complexity index is 242. The van der Waals surface area contributed by atoms with Gasteiger partial charge in [-0.1, -0.05) is 15.9 Å². The van der Waals surface area contributed by atoms with Crippen LogP contribution in [0.5, 0.6) is 0 Å². The molecule has 0 bridgehead atoms. The van der Waals surface area contributed by atoms with Crippen LogP contribution in [0, 0.1) is 0 Å². The topological polar surface area (TPSA) is 0 Å². The van der Waals surface area contributed by atoms with Gasteiger partial charge < -0.3 is 0 Å². The molecule has 0 saturated carbocycles. The summed E-state index contributed by atoms with van der Waals surface area (Å²) in [5.74, 6) is -0.208. The van der Waals surface area contributed by atoms with Crippen LogP contribution in [0.2, 0.25) is 0 Å². The minimum atomic E-state index is -0.208. The lowest BCUT2D eigenvalue weighted by molar-refractivity contribution is 0.662. The van der Waals surface area contributed by atoms with E-state index in [2.05, 4.69) is 21.7 Å². The van der Waals surface area contributed by atoms with Crippen molar-refractivity contribution in [3.63, 3.8) is 0 Å². The van der Waals surface area contributed by atoms with E-state index in [1.54, 1.807) is 12.2 Å². The molecule has 10 heavy (non-hydrogen) atoms. The summed E-state index contributed by atoms with van der Waals surface area (Å²) in [5.41, 5.74) is 2.88. The number of rotatable bonds is 0. The number of hydrogen-bond donors (Lipinski definition) is 0. The first-order valence-electron chi connectivity index (χ1n) is 2.93. The maximum Gasteiger partial charge on any atom is 0.120 e. The van der Waals surface area contributed by atoms with Crippen LogP contribution in [0.1, 0.15) is 6.42 Å². The van der Waals surface area contributed by atoms with Gasteiger partial charge in [0.1, 0.15) is 5.83 Å². The van der Waals surface area contributed by atoms with Gasteiger partial charge in [0.2, 0.25) is 0 Å². The van der Waals surface area contributed by atoms with Crippen LogP contribution >= 0.6 is 15.9 Å². The van der Waals surface area contributed by atoms with E-state index in [4.69, 9.17) is 0 Å². The van der Waals surface area contributed by atoms with E-state index < -0.39 is 0 Å². The summed E-state index contributed by atoms with van der Waals surface area (Å²) in [7, 11) is 0. The summed E-state index contributed by atoms with van der Waals surface area (Å²) in [6.45, 7) is 0. The Hall–Kier alpha value is -0.590. The second-order valence-electron chi connectivity index (χ2n) is 1.87. The molecule has 1 aliphatic carbocycles. The van der Waals surface area contributed by atoms with Gasteiger partial charge in [-0.2, -0.15) is 0 Å². The molecule has 0 heterocycles. The molecule has 0 saturated heterocycles. The molecule has 0 atom stereocenters. The highest BCUT2D eigenvalue weighted by atomic mass is 79.9. The van der Waals surface area contributed by atoms with Crippen molar-refractivity contribution in [3.8, 4) is 0 Å². The van der Waals surface area contributed by atoms with Crippen LogP contribution in [-0.2, 0) is 0 Å². The molecule has 2 heteroatoms. The molecule has 0 aromatic heterocycles. The highest BCUT2D eigenvalue weighted by Crippen LogP contribution is 2.13. The van der Waals surface area contributed by atoms with E-state index in [-0.39, 0.29) is 5.83 Å². The van der Waals surface area contributed by atoms with Crippen molar-refractivity contribution in [2.24, 2.45) is 0 Å². The lowest BCUT2D eigenvalue weighted by atomic mass is 10.3. The molecule has 0 fully saturated rings. The van der Waals surface area contributed by atoms with Crippen molar-refractivity contribution in [3.05, 3.63) is 40.3 Å². The summed E-state index contributed by atoms with van der Waals surface area (Å²) in [5, 5.41) is 0. The van der Waals surface area contributed by atoms with Crippen molar-refractivity contribution < 1.29 is 4.39 Å². The fourth-order valence-electron chi connectivity index (χ4n) is 0.610. The van der Waals surface area contributed by atoms with Crippen molar-refractivity contribution in [2.45, 2.75) is 6.42 Å². The first-order valence-corrected chi connectivity index (χ1v) is 3.72. The van der Waals surface area contributed by atoms with Gasteiger partial charge in [0, 0.05) is 4.48 Å². The van der Waals surface area contributed by atoms with E-state index in [9.17, 15) is 4.39 Å². The Morgan fingerprint density at radius 2 is 2.40 bits per heavy atom. The molecule has 0 amide bonds. The van der Waals surface area contributed by atoms with Crippen LogP contribution in [0.3, 0.4) is 0 Å². The SMILES string of the molecule is FC1=CCC=C=CC(Br)=C1. The Kier molecular flexibility index (Phi) is 2.67. The number of halogens is 2. The normalized spacial score (nSPS) is 17.4. The third-order valence-corrected chi connectivity index (χ3v) is 1.50. The molecule has 0 aromatic rings. The van der Waals surface area contributed by atoms with Crippen LogP contribution in [0.4, 0.5) is 4.39 Å². The Morgan fingerprint density at radius 1 is 1.60 bits per heavy atom. The van der Waals surface area contributed by atoms with Gasteiger partial charge in [-0.3, -0.25) is 0 Å². The maximum absolute atomic E-state index is 12.6. The molecule has 52 valence electrons. The quantitative estimate of drug-likeness (QED) is 0.527. The minimum absolute atomic E-state index is 0.208. The van der Waals surface area contributed by atoms with E-state index in [0.29, 0.717) is 10.9 Å². The molecule has 0 aromatic carbocycles. The van der Waals surface area contributed by atoms with Crippen molar-refractivity contribution in [1.82, 2.24) is 0 Å². The number of allylic oxidation sites excluding steroid dienone is 5. The second kappa shape index (κ2) is 3.55. The van der Waals surface area contributed by atoms with Crippen molar-refractivity contribution in [2.75, 3.05) is 0 Å². The third-order valence-electron chi connectivity index (χ3n) is 1.05. The fraction of sp³-hybridized carbons (Fsp3) is 0.125. The van der Waals surface area contributed by atoms with Crippen LogP contribution < -0.4 is 0 Å². The molecular formula is C8H6BrF. The monoisotopic (exact) mass is 200 g/mol. The van der Waals surface area contributed by atoms with Gasteiger partial charge in [-0.25, -0.2) is 4.39 Å². The van der Waals surface area contributed by atoms with E-state index in [1.165, 1.54) is 12.2 Å². The predicted octanol–water partition coefficient (Wildman–Crippen LogP) is 3.23. The predicted molar refractivity (Wildman–Crippen MR) is 43.5 cm³/mol. The molecule has 0 nitrogen and oxygen atoms in total. The lowest BCUT2D eigenvalue weighted by Crippen LogP contribution is -1.70. The van der Waals surface area contributed by atoms with Gasteiger partial charge in [0.15, 0.2) is 0 Å². The average molecular weight is 201 g/mol. The summed E-state index contributed by atoms with van der Waals surface area (Å²) in [4.78, 5) is 0. The van der Waals surface area contributed by atoms with E-state index in [1.807, 2.05) is 0 Å². The molecule has 0 aliphatic heterocycles.